The van der Waals surface area contributed by atoms with Crippen molar-refractivity contribution in [3.05, 3.63) is 53.6 Å². The minimum Gasteiger partial charge on any atom is -0.461 e. The van der Waals surface area contributed by atoms with Crippen LogP contribution in [0.5, 0.6) is 11.5 Å². The molecule has 6 amide bonds. The number of benzene rings is 2. The molecule has 5 N–H and O–H groups in total. The van der Waals surface area contributed by atoms with Gasteiger partial charge in [-0.15, -0.1) is 0 Å². The molecule has 5 aliphatic heterocycles. The zero-order valence-electron chi connectivity index (χ0n) is 32.8. The Balaban J connectivity index is 1.18. The molecule has 17 nitrogen and oxygen atoms in total. The molecular weight excluding hydrogens is 776 g/mol. The molecule has 4 fully saturated rings. The van der Waals surface area contributed by atoms with Crippen LogP contribution in [-0.2, 0) is 35.1 Å². The second-order valence-corrected chi connectivity index (χ2v) is 15.9. The van der Waals surface area contributed by atoms with Crippen LogP contribution in [0.25, 0.3) is 0 Å². The number of nitrogens with zero attached hydrogens (tertiary/aromatic N) is 3. The molecule has 2 aromatic rings. The molecule has 1 unspecified atom stereocenters. The number of fused-ring (bicyclic) bond motifs is 4. The smallest absolute Gasteiger partial charge is 0.328 e. The summed E-state index contributed by atoms with van der Waals surface area (Å²) in [4.78, 5) is 88.2. The highest BCUT2D eigenvalue weighted by Gasteiger charge is 2.46. The molecule has 8 atom stereocenters. The third kappa shape index (κ3) is 9.35. The van der Waals surface area contributed by atoms with Crippen LogP contribution in [0.2, 0.25) is 0 Å². The number of aliphatic hydroxyl groups is 1. The van der Waals surface area contributed by atoms with Gasteiger partial charge in [-0.05, 0) is 81.2 Å². The molecule has 5 heterocycles. The number of rotatable bonds is 6. The fourth-order valence-electron chi connectivity index (χ4n) is 8.62. The van der Waals surface area contributed by atoms with Gasteiger partial charge in [0.2, 0.25) is 30.4 Å². The van der Waals surface area contributed by atoms with Gasteiger partial charge < -0.3 is 50.0 Å². The number of anilines is 1. The SMILES string of the molecule is C[C@H]1C[C@H]2C(=O)OC[C@H](NC(=O)[C@H](Cc3cc(F)cc(F)c3)NC(=O)Nc3ccc4c(c3)OCO4)C(=O)N3CCC[C@H]3C(=O)N3CCCC[C@H]3C(O)N[C@@H](C)C(=O)N2C1. The molecule has 0 aromatic heterocycles. The molecule has 0 bridgehead atoms. The average Bonchev–Trinajstić information content (AvgIpc) is 3.97. The number of piperidine rings is 1. The van der Waals surface area contributed by atoms with Crippen molar-refractivity contribution in [1.29, 1.82) is 0 Å². The number of esters is 1. The molecule has 4 saturated heterocycles. The standard InChI is InChI=1S/C40H49F2N7O10/c1-21-12-31-39(55)57-19-28(37(53)48-11-5-7-30(48)38(54)47-10-4-3-6-29(47)35(51)43-22(2)36(52)49(31)18-21)45-34(50)27(15-23-13-24(41)16-25(42)14-23)46-40(56)44-26-8-9-32-33(17-26)59-20-58-32/h8-9,13-14,16-17,21-22,27-31,35,43,51H,3-7,10-12,15,18-20H2,1-2H3,(H,45,50)(H2,44,46,56)/t21-,22-,27-,28-,29-,30-,31-,35?/m0/s1. The molecular formula is C40H49F2N7O10. The van der Waals surface area contributed by atoms with E-state index in [0.29, 0.717) is 43.4 Å². The highest BCUT2D eigenvalue weighted by Crippen LogP contribution is 2.34. The number of halogens is 2. The van der Waals surface area contributed by atoms with Gasteiger partial charge in [0.15, 0.2) is 11.5 Å². The fraction of sp³-hybridized carbons (Fsp3) is 0.550. The van der Waals surface area contributed by atoms with E-state index in [1.54, 1.807) is 17.9 Å². The normalized spacial score (nSPS) is 28.0. The van der Waals surface area contributed by atoms with Crippen molar-refractivity contribution in [3.8, 4) is 11.5 Å². The van der Waals surface area contributed by atoms with E-state index in [4.69, 9.17) is 14.2 Å². The largest absolute Gasteiger partial charge is 0.461 e. The van der Waals surface area contributed by atoms with E-state index in [0.717, 1.165) is 18.6 Å². The third-order valence-corrected chi connectivity index (χ3v) is 11.5. The Bertz CT molecular complexity index is 1950. The number of nitrogens with one attached hydrogen (secondary N) is 4. The van der Waals surface area contributed by atoms with Gasteiger partial charge in [0.25, 0.3) is 0 Å². The van der Waals surface area contributed by atoms with Crippen LogP contribution < -0.4 is 30.7 Å². The Labute approximate surface area is 339 Å². The first-order valence-corrected chi connectivity index (χ1v) is 20.0. The highest BCUT2D eigenvalue weighted by molar-refractivity contribution is 5.97. The molecule has 59 heavy (non-hydrogen) atoms. The lowest BCUT2D eigenvalue weighted by atomic mass is 9.98. The van der Waals surface area contributed by atoms with Gasteiger partial charge in [-0.2, -0.15) is 0 Å². The Morgan fingerprint density at radius 3 is 2.39 bits per heavy atom. The van der Waals surface area contributed by atoms with Gasteiger partial charge in [-0.3, -0.25) is 24.5 Å². The number of hydrogen-bond acceptors (Lipinski definition) is 11. The molecule has 19 heteroatoms. The molecule has 318 valence electrons. The summed E-state index contributed by atoms with van der Waals surface area (Å²) >= 11 is 0. The zero-order chi connectivity index (χ0) is 42.0. The van der Waals surface area contributed by atoms with Crippen molar-refractivity contribution in [2.45, 2.75) is 101 Å². The van der Waals surface area contributed by atoms with Crippen LogP contribution >= 0.6 is 0 Å². The number of ether oxygens (including phenoxy) is 3. The number of urea groups is 1. The Hall–Kier alpha value is -5.56. The number of aliphatic hydroxyl groups excluding tert-OH is 1. The minimum atomic E-state index is -1.59. The molecule has 2 aromatic carbocycles. The predicted molar refractivity (Wildman–Crippen MR) is 203 cm³/mol. The van der Waals surface area contributed by atoms with Gasteiger partial charge in [0.1, 0.15) is 48.6 Å². The van der Waals surface area contributed by atoms with Gasteiger partial charge in [0, 0.05) is 43.9 Å². The van der Waals surface area contributed by atoms with E-state index >= 15 is 0 Å². The van der Waals surface area contributed by atoms with E-state index in [1.165, 1.54) is 21.9 Å². The Morgan fingerprint density at radius 1 is 0.864 bits per heavy atom. The van der Waals surface area contributed by atoms with Crippen molar-refractivity contribution >= 4 is 41.3 Å². The van der Waals surface area contributed by atoms with E-state index in [-0.39, 0.29) is 49.9 Å². The topological polar surface area (TPSA) is 208 Å². The van der Waals surface area contributed by atoms with E-state index in [9.17, 15) is 42.7 Å². The van der Waals surface area contributed by atoms with Crippen molar-refractivity contribution < 1.29 is 56.9 Å². The van der Waals surface area contributed by atoms with E-state index in [2.05, 4.69) is 21.3 Å². The first-order chi connectivity index (χ1) is 28.2. The average molecular weight is 826 g/mol. The summed E-state index contributed by atoms with van der Waals surface area (Å²) in [6, 6.07) is -0.383. The van der Waals surface area contributed by atoms with Crippen LogP contribution in [-0.4, -0.2) is 131 Å². The quantitative estimate of drug-likeness (QED) is 0.263. The van der Waals surface area contributed by atoms with Crippen LogP contribution in [0.4, 0.5) is 19.3 Å². The fourth-order valence-corrected chi connectivity index (χ4v) is 8.62. The van der Waals surface area contributed by atoms with Crippen molar-refractivity contribution in [2.75, 3.05) is 38.4 Å². The van der Waals surface area contributed by atoms with Gasteiger partial charge >= 0.3 is 12.0 Å². The third-order valence-electron chi connectivity index (χ3n) is 11.5. The number of carbonyl (C=O) groups is 6. The second kappa shape index (κ2) is 17.7. The summed E-state index contributed by atoms with van der Waals surface area (Å²) < 4.78 is 45.0. The minimum absolute atomic E-state index is 0.00625. The summed E-state index contributed by atoms with van der Waals surface area (Å²) in [5.74, 6) is -4.50. The predicted octanol–water partition coefficient (Wildman–Crippen LogP) is 1.37. The van der Waals surface area contributed by atoms with Gasteiger partial charge in [-0.25, -0.2) is 18.4 Å². The van der Waals surface area contributed by atoms with Crippen molar-refractivity contribution in [3.63, 3.8) is 0 Å². The zero-order valence-corrected chi connectivity index (χ0v) is 32.8. The molecule has 0 spiro atoms. The lowest BCUT2D eigenvalue weighted by molar-refractivity contribution is -0.159. The molecule has 7 rings (SSSR count). The van der Waals surface area contributed by atoms with E-state index < -0.39 is 103 Å². The summed E-state index contributed by atoms with van der Waals surface area (Å²) in [5, 5.41) is 22.0. The van der Waals surface area contributed by atoms with E-state index in [1.807, 2.05) is 6.92 Å². The summed E-state index contributed by atoms with van der Waals surface area (Å²) in [7, 11) is 0. The molecule has 0 saturated carbocycles. The maximum atomic E-state index is 14.5. The number of amides is 6. The lowest BCUT2D eigenvalue weighted by Crippen LogP contribution is -2.63. The Kier molecular flexibility index (Phi) is 12.5. The summed E-state index contributed by atoms with van der Waals surface area (Å²) in [5.41, 5.74) is 0.281. The summed E-state index contributed by atoms with van der Waals surface area (Å²) in [6.07, 6.45) is 1.11. The van der Waals surface area contributed by atoms with Crippen LogP contribution in [0.15, 0.2) is 36.4 Å². The van der Waals surface area contributed by atoms with Crippen molar-refractivity contribution in [1.82, 2.24) is 30.7 Å². The maximum Gasteiger partial charge on any atom is 0.328 e. The van der Waals surface area contributed by atoms with Crippen LogP contribution in [0.3, 0.4) is 0 Å². The molecule has 5 aliphatic rings. The maximum absolute atomic E-state index is 14.5. The molecule has 0 aliphatic carbocycles. The first-order valence-electron chi connectivity index (χ1n) is 20.0. The number of cyclic esters (lactones) is 1. The lowest BCUT2D eigenvalue weighted by Gasteiger charge is -2.42. The number of hydrogen-bond donors (Lipinski definition) is 5. The summed E-state index contributed by atoms with van der Waals surface area (Å²) in [6.45, 7) is 3.42. The first kappa shape index (κ1) is 41.6. The second-order valence-electron chi connectivity index (χ2n) is 15.9. The van der Waals surface area contributed by atoms with Crippen LogP contribution in [0.1, 0.15) is 57.9 Å². The van der Waals surface area contributed by atoms with Gasteiger partial charge in [-0.1, -0.05) is 6.92 Å². The van der Waals surface area contributed by atoms with Gasteiger partial charge in [0.05, 0.1) is 12.1 Å². The highest BCUT2D eigenvalue weighted by atomic mass is 19.1. The van der Waals surface area contributed by atoms with Crippen LogP contribution in [0, 0.1) is 17.6 Å². The van der Waals surface area contributed by atoms with Crippen molar-refractivity contribution in [2.24, 2.45) is 5.92 Å². The number of carbonyl (C=O) groups excluding carboxylic acids is 6. The molecule has 0 radical (unpaired) electrons. The monoisotopic (exact) mass is 825 g/mol. The Morgan fingerprint density at radius 2 is 1.61 bits per heavy atom.